The van der Waals surface area contributed by atoms with Gasteiger partial charge in [0, 0.05) is 48.2 Å². The third-order valence-electron chi connectivity index (χ3n) is 6.05. The molecular weight excluding hydrogens is 473 g/mol. The molecular formula is C25H25Cl2N5O2. The number of anilines is 1. The summed E-state index contributed by atoms with van der Waals surface area (Å²) >= 11 is 12.8. The minimum Gasteiger partial charge on any atom is -0.486 e. The van der Waals surface area contributed by atoms with Gasteiger partial charge in [0.1, 0.15) is 23.4 Å². The van der Waals surface area contributed by atoms with Gasteiger partial charge < -0.3 is 14.8 Å². The Labute approximate surface area is 207 Å². The molecule has 0 spiro atoms. The van der Waals surface area contributed by atoms with E-state index in [1.54, 1.807) is 6.20 Å². The Kier molecular flexibility index (Phi) is 6.59. The van der Waals surface area contributed by atoms with Crippen LogP contribution in [0.25, 0.3) is 22.2 Å². The topological polar surface area (TPSA) is 85.0 Å². The first-order valence-electron chi connectivity index (χ1n) is 11.3. The molecule has 4 heterocycles. The van der Waals surface area contributed by atoms with Crippen molar-refractivity contribution in [3.05, 3.63) is 64.0 Å². The van der Waals surface area contributed by atoms with Gasteiger partial charge in [-0.1, -0.05) is 23.2 Å². The maximum absolute atomic E-state index is 6.46. The molecule has 1 aliphatic rings. The van der Waals surface area contributed by atoms with Crippen molar-refractivity contribution in [3.8, 4) is 17.0 Å². The van der Waals surface area contributed by atoms with Crippen LogP contribution in [-0.4, -0.2) is 39.4 Å². The SMILES string of the molecule is Cc1ncc(Cl)c([C@@H](C)Oc2ccc3[nH]nc(-c4ccc(NC5CCOCC5)nc4)c3c2)c1Cl. The third-order valence-corrected chi connectivity index (χ3v) is 6.83. The molecule has 3 aromatic heterocycles. The number of aromatic amines is 1. The van der Waals surface area contributed by atoms with E-state index in [-0.39, 0.29) is 6.10 Å². The van der Waals surface area contributed by atoms with Crippen LogP contribution in [0.5, 0.6) is 5.75 Å². The Morgan fingerprint density at radius 2 is 1.94 bits per heavy atom. The summed E-state index contributed by atoms with van der Waals surface area (Å²) in [7, 11) is 0. The summed E-state index contributed by atoms with van der Waals surface area (Å²) in [6, 6.07) is 10.2. The normalized spacial score (nSPS) is 15.4. The number of nitrogens with zero attached hydrogens (tertiary/aromatic N) is 3. The van der Waals surface area contributed by atoms with E-state index in [0.717, 1.165) is 59.6 Å². The first-order chi connectivity index (χ1) is 16.5. The molecule has 4 aromatic rings. The fraction of sp³-hybridized carbons (Fsp3) is 0.320. The van der Waals surface area contributed by atoms with Gasteiger partial charge in [-0.3, -0.25) is 10.1 Å². The number of hydrogen-bond acceptors (Lipinski definition) is 6. The lowest BCUT2D eigenvalue weighted by molar-refractivity contribution is 0.0904. The maximum Gasteiger partial charge on any atom is 0.126 e. The third kappa shape index (κ3) is 4.69. The zero-order chi connectivity index (χ0) is 23.7. The zero-order valence-corrected chi connectivity index (χ0v) is 20.5. The van der Waals surface area contributed by atoms with E-state index in [9.17, 15) is 0 Å². The highest BCUT2D eigenvalue weighted by molar-refractivity contribution is 6.36. The van der Waals surface area contributed by atoms with E-state index in [1.807, 2.05) is 50.4 Å². The Bertz CT molecular complexity index is 1300. The fourth-order valence-corrected chi connectivity index (χ4v) is 4.82. The second-order valence-electron chi connectivity index (χ2n) is 8.42. The molecule has 7 nitrogen and oxygen atoms in total. The molecule has 1 atom stereocenters. The standard InChI is InChI=1S/C25H25Cl2N5O2/c1-14-24(27)23(20(26)13-28-14)15(2)34-18-4-5-21-19(11-18)25(32-31-21)16-3-6-22(29-12-16)30-17-7-9-33-10-8-17/h3-6,11-13,15,17H,7-10H2,1-2H3,(H,29,30)(H,31,32)/t15-/m1/s1. The van der Waals surface area contributed by atoms with Crippen LogP contribution >= 0.6 is 23.2 Å². The molecule has 5 rings (SSSR count). The minimum atomic E-state index is -0.355. The van der Waals surface area contributed by atoms with Gasteiger partial charge in [-0.25, -0.2) is 4.98 Å². The lowest BCUT2D eigenvalue weighted by Gasteiger charge is -2.23. The quantitative estimate of drug-likeness (QED) is 0.322. The Morgan fingerprint density at radius 3 is 2.71 bits per heavy atom. The maximum atomic E-state index is 6.46. The Balaban J connectivity index is 1.37. The van der Waals surface area contributed by atoms with E-state index in [1.165, 1.54) is 0 Å². The second kappa shape index (κ2) is 9.78. The molecule has 1 fully saturated rings. The molecule has 176 valence electrons. The van der Waals surface area contributed by atoms with Crippen LogP contribution in [0.15, 0.2) is 42.7 Å². The number of aryl methyl sites for hydroxylation is 1. The highest BCUT2D eigenvalue weighted by atomic mass is 35.5. The average molecular weight is 498 g/mol. The monoisotopic (exact) mass is 497 g/mol. The van der Waals surface area contributed by atoms with Crippen molar-refractivity contribution in [1.29, 1.82) is 0 Å². The van der Waals surface area contributed by atoms with Gasteiger partial charge in [0.25, 0.3) is 0 Å². The van der Waals surface area contributed by atoms with Crippen LogP contribution in [0.3, 0.4) is 0 Å². The number of benzene rings is 1. The van der Waals surface area contributed by atoms with Crippen molar-refractivity contribution in [2.75, 3.05) is 18.5 Å². The fourth-order valence-electron chi connectivity index (χ4n) is 4.17. The highest BCUT2D eigenvalue weighted by Crippen LogP contribution is 2.36. The summed E-state index contributed by atoms with van der Waals surface area (Å²) < 4.78 is 11.6. The summed E-state index contributed by atoms with van der Waals surface area (Å²) in [6.45, 7) is 5.34. The number of halogens is 2. The van der Waals surface area contributed by atoms with Gasteiger partial charge in [0.2, 0.25) is 0 Å². The van der Waals surface area contributed by atoms with Crippen LogP contribution in [0.4, 0.5) is 5.82 Å². The van der Waals surface area contributed by atoms with E-state index in [0.29, 0.717) is 27.5 Å². The van der Waals surface area contributed by atoms with Crippen LogP contribution in [0.2, 0.25) is 10.0 Å². The number of hydrogen-bond donors (Lipinski definition) is 2. The molecule has 9 heteroatoms. The smallest absolute Gasteiger partial charge is 0.126 e. The lowest BCUT2D eigenvalue weighted by Crippen LogP contribution is -2.28. The highest BCUT2D eigenvalue weighted by Gasteiger charge is 2.19. The van der Waals surface area contributed by atoms with Crippen molar-refractivity contribution in [2.24, 2.45) is 0 Å². The first kappa shape index (κ1) is 22.9. The summed E-state index contributed by atoms with van der Waals surface area (Å²) in [4.78, 5) is 8.80. The predicted octanol–water partition coefficient (Wildman–Crippen LogP) is 6.37. The summed E-state index contributed by atoms with van der Waals surface area (Å²) in [5, 5.41) is 13.0. The largest absolute Gasteiger partial charge is 0.486 e. The van der Waals surface area contributed by atoms with Gasteiger partial charge in [0.05, 0.1) is 21.3 Å². The van der Waals surface area contributed by atoms with Crippen molar-refractivity contribution in [3.63, 3.8) is 0 Å². The van der Waals surface area contributed by atoms with Crippen molar-refractivity contribution in [2.45, 2.75) is 38.8 Å². The van der Waals surface area contributed by atoms with Crippen LogP contribution in [0.1, 0.15) is 37.1 Å². The van der Waals surface area contributed by atoms with Crippen LogP contribution in [-0.2, 0) is 4.74 Å². The molecule has 0 saturated carbocycles. The first-order valence-corrected chi connectivity index (χ1v) is 12.0. The number of nitrogens with one attached hydrogen (secondary N) is 2. The number of fused-ring (bicyclic) bond motifs is 1. The summed E-state index contributed by atoms with van der Waals surface area (Å²) in [6.07, 6.45) is 5.07. The zero-order valence-electron chi connectivity index (χ0n) is 18.9. The Morgan fingerprint density at radius 1 is 1.12 bits per heavy atom. The van der Waals surface area contributed by atoms with Gasteiger partial charge >= 0.3 is 0 Å². The number of H-pyrrole nitrogens is 1. The number of aromatic nitrogens is 4. The minimum absolute atomic E-state index is 0.355. The molecule has 2 N–H and O–H groups in total. The molecule has 34 heavy (non-hydrogen) atoms. The van der Waals surface area contributed by atoms with Gasteiger partial charge in [-0.2, -0.15) is 5.10 Å². The lowest BCUT2D eigenvalue weighted by atomic mass is 10.1. The Hall–Kier alpha value is -2.87. The molecule has 0 amide bonds. The van der Waals surface area contributed by atoms with Crippen LogP contribution in [0, 0.1) is 6.92 Å². The van der Waals surface area contributed by atoms with E-state index in [2.05, 4.69) is 25.5 Å². The van der Waals surface area contributed by atoms with E-state index in [4.69, 9.17) is 32.7 Å². The van der Waals surface area contributed by atoms with Gasteiger partial charge in [-0.05, 0) is 57.0 Å². The number of ether oxygens (including phenoxy) is 2. The van der Waals surface area contributed by atoms with E-state index >= 15 is 0 Å². The molecule has 1 saturated heterocycles. The van der Waals surface area contributed by atoms with Gasteiger partial charge in [-0.15, -0.1) is 0 Å². The molecule has 0 radical (unpaired) electrons. The number of pyridine rings is 2. The van der Waals surface area contributed by atoms with Crippen molar-refractivity contribution in [1.82, 2.24) is 20.2 Å². The number of rotatable bonds is 6. The van der Waals surface area contributed by atoms with Gasteiger partial charge in [0.15, 0.2) is 0 Å². The van der Waals surface area contributed by atoms with Crippen LogP contribution < -0.4 is 10.1 Å². The van der Waals surface area contributed by atoms with E-state index < -0.39 is 0 Å². The molecule has 0 aliphatic carbocycles. The average Bonchev–Trinajstić information content (AvgIpc) is 3.26. The molecule has 1 aromatic carbocycles. The molecule has 1 aliphatic heterocycles. The molecule has 0 unspecified atom stereocenters. The second-order valence-corrected chi connectivity index (χ2v) is 9.21. The molecule has 0 bridgehead atoms. The summed E-state index contributed by atoms with van der Waals surface area (Å²) in [5.74, 6) is 1.55. The van der Waals surface area contributed by atoms with Crippen molar-refractivity contribution < 1.29 is 9.47 Å². The summed E-state index contributed by atoms with van der Waals surface area (Å²) in [5.41, 5.74) is 4.08. The predicted molar refractivity (Wildman–Crippen MR) is 135 cm³/mol. The van der Waals surface area contributed by atoms with Crippen molar-refractivity contribution >= 4 is 39.9 Å².